The molecule has 0 spiro atoms. The van der Waals surface area contributed by atoms with Gasteiger partial charge in [0.1, 0.15) is 11.4 Å². The van der Waals surface area contributed by atoms with Crippen molar-refractivity contribution in [2.45, 2.75) is 25.4 Å². The van der Waals surface area contributed by atoms with Crippen molar-refractivity contribution in [3.05, 3.63) is 53.8 Å². The van der Waals surface area contributed by atoms with Crippen LogP contribution in [0, 0.1) is 0 Å². The topological polar surface area (TPSA) is 94.2 Å². The van der Waals surface area contributed by atoms with Gasteiger partial charge in [-0.05, 0) is 38.1 Å². The molecule has 0 bridgehead atoms. The number of hydrogen-bond donors (Lipinski definition) is 0. The van der Waals surface area contributed by atoms with Gasteiger partial charge in [0.25, 0.3) is 5.91 Å². The summed E-state index contributed by atoms with van der Waals surface area (Å²) < 4.78 is 11.2. The molecule has 1 aliphatic heterocycles. The minimum absolute atomic E-state index is 0.00629. The van der Waals surface area contributed by atoms with E-state index in [0.717, 1.165) is 0 Å². The second kappa shape index (κ2) is 7.20. The molecule has 3 heterocycles. The first kappa shape index (κ1) is 18.4. The van der Waals surface area contributed by atoms with E-state index in [1.807, 2.05) is 0 Å². The lowest BCUT2D eigenvalue weighted by Gasteiger charge is -2.41. The number of rotatable bonds is 5. The Bertz CT molecular complexity index is 969. The maximum absolute atomic E-state index is 12.8. The number of carbonyl (C=O) groups excluding carboxylic acids is 1. The minimum Gasteiger partial charge on any atom is -0.478 e. The van der Waals surface area contributed by atoms with Gasteiger partial charge in [-0.15, -0.1) is 0 Å². The maximum Gasteiger partial charge on any atom is 0.266 e. The van der Waals surface area contributed by atoms with Gasteiger partial charge in [-0.2, -0.15) is 4.98 Å². The molecule has 4 rings (SSSR count). The van der Waals surface area contributed by atoms with E-state index in [0.29, 0.717) is 41.3 Å². The van der Waals surface area contributed by atoms with E-state index in [-0.39, 0.29) is 11.8 Å². The average molecular weight is 400 g/mol. The molecule has 0 aliphatic carbocycles. The molecule has 3 aromatic rings. The molecule has 1 aromatic carbocycles. The van der Waals surface area contributed by atoms with Gasteiger partial charge in [0.05, 0.1) is 12.1 Å². The van der Waals surface area contributed by atoms with Crippen LogP contribution in [0.4, 0.5) is 0 Å². The molecule has 144 valence electrons. The van der Waals surface area contributed by atoms with Crippen LogP contribution >= 0.6 is 11.6 Å². The van der Waals surface area contributed by atoms with Gasteiger partial charge < -0.3 is 14.2 Å². The molecular weight excluding hydrogens is 382 g/mol. The van der Waals surface area contributed by atoms with Crippen LogP contribution in [0.15, 0.2) is 47.4 Å². The second-order valence-corrected chi connectivity index (χ2v) is 7.46. The Morgan fingerprint density at radius 3 is 2.68 bits per heavy atom. The summed E-state index contributed by atoms with van der Waals surface area (Å²) in [4.78, 5) is 27.0. The summed E-state index contributed by atoms with van der Waals surface area (Å²) in [6.45, 7) is 4.48. The monoisotopic (exact) mass is 399 g/mol. The molecule has 28 heavy (non-hydrogen) atoms. The molecular formula is C19H18ClN5O3. The SMILES string of the molecule is CC(C)(Oc1ccc(Cl)cc1)C(=O)N1CC(c2nc(-c3cnccn3)no2)C1. The summed E-state index contributed by atoms with van der Waals surface area (Å²) in [5.74, 6) is 1.35. The first-order valence-electron chi connectivity index (χ1n) is 8.76. The fourth-order valence-electron chi connectivity index (χ4n) is 2.94. The lowest BCUT2D eigenvalue weighted by atomic mass is 9.96. The van der Waals surface area contributed by atoms with Crippen molar-refractivity contribution in [2.24, 2.45) is 0 Å². The van der Waals surface area contributed by atoms with Crippen molar-refractivity contribution in [1.29, 1.82) is 0 Å². The first-order chi connectivity index (χ1) is 13.4. The van der Waals surface area contributed by atoms with E-state index < -0.39 is 5.60 Å². The zero-order chi connectivity index (χ0) is 19.7. The number of hydrogen-bond acceptors (Lipinski definition) is 7. The van der Waals surface area contributed by atoms with Crippen LogP contribution in [0.3, 0.4) is 0 Å². The standard InChI is InChI=1S/C19H18ClN5O3/c1-19(2,27-14-5-3-13(20)4-6-14)18(26)25-10-12(11-25)17-23-16(24-28-17)15-9-21-7-8-22-15/h3-9,12H,10-11H2,1-2H3. The molecule has 0 radical (unpaired) electrons. The number of ether oxygens (including phenoxy) is 1. The summed E-state index contributed by atoms with van der Waals surface area (Å²) in [5.41, 5.74) is -0.458. The molecule has 1 amide bonds. The lowest BCUT2D eigenvalue weighted by molar-refractivity contribution is -0.150. The van der Waals surface area contributed by atoms with Crippen molar-refractivity contribution in [3.8, 4) is 17.3 Å². The van der Waals surface area contributed by atoms with Gasteiger partial charge in [0.2, 0.25) is 11.7 Å². The van der Waals surface area contributed by atoms with Crippen molar-refractivity contribution in [1.82, 2.24) is 25.0 Å². The fraction of sp³-hybridized carbons (Fsp3) is 0.316. The average Bonchev–Trinajstić information content (AvgIpc) is 3.12. The van der Waals surface area contributed by atoms with Gasteiger partial charge in [-0.25, -0.2) is 4.98 Å². The summed E-state index contributed by atoms with van der Waals surface area (Å²) >= 11 is 5.88. The smallest absolute Gasteiger partial charge is 0.266 e. The molecule has 0 atom stereocenters. The molecule has 0 unspecified atom stereocenters. The quantitative estimate of drug-likeness (QED) is 0.650. The van der Waals surface area contributed by atoms with Crippen LogP contribution in [0.2, 0.25) is 5.02 Å². The van der Waals surface area contributed by atoms with Gasteiger partial charge in [0.15, 0.2) is 5.60 Å². The summed E-state index contributed by atoms with van der Waals surface area (Å²) in [6, 6.07) is 6.92. The molecule has 0 saturated carbocycles. The highest BCUT2D eigenvalue weighted by molar-refractivity contribution is 6.30. The van der Waals surface area contributed by atoms with Crippen LogP contribution in [0.5, 0.6) is 5.75 Å². The Morgan fingerprint density at radius 2 is 2.00 bits per heavy atom. The van der Waals surface area contributed by atoms with Gasteiger partial charge in [-0.1, -0.05) is 16.8 Å². The van der Waals surface area contributed by atoms with Crippen LogP contribution in [0.25, 0.3) is 11.5 Å². The maximum atomic E-state index is 12.8. The number of amides is 1. The van der Waals surface area contributed by atoms with E-state index >= 15 is 0 Å². The highest BCUT2D eigenvalue weighted by Crippen LogP contribution is 2.30. The third-order valence-electron chi connectivity index (χ3n) is 4.45. The number of likely N-dealkylation sites (tertiary alicyclic amines) is 1. The molecule has 0 N–H and O–H groups in total. The Labute approximate surface area is 166 Å². The molecule has 9 heteroatoms. The van der Waals surface area contributed by atoms with E-state index in [1.54, 1.807) is 61.6 Å². The summed E-state index contributed by atoms with van der Waals surface area (Å²) in [7, 11) is 0. The molecule has 1 fully saturated rings. The van der Waals surface area contributed by atoms with Crippen molar-refractivity contribution >= 4 is 17.5 Å². The third-order valence-corrected chi connectivity index (χ3v) is 4.71. The normalized spacial score (nSPS) is 14.6. The highest BCUT2D eigenvalue weighted by Gasteiger charge is 2.42. The zero-order valence-electron chi connectivity index (χ0n) is 15.4. The van der Waals surface area contributed by atoms with Crippen LogP contribution < -0.4 is 4.74 Å². The number of aromatic nitrogens is 4. The van der Waals surface area contributed by atoms with E-state index in [2.05, 4.69) is 20.1 Å². The first-order valence-corrected chi connectivity index (χ1v) is 9.14. The van der Waals surface area contributed by atoms with Crippen molar-refractivity contribution in [2.75, 3.05) is 13.1 Å². The summed E-state index contributed by atoms with van der Waals surface area (Å²) in [5, 5.41) is 4.56. The number of benzene rings is 1. The Balaban J connectivity index is 1.37. The van der Waals surface area contributed by atoms with Gasteiger partial charge >= 0.3 is 0 Å². The Hall–Kier alpha value is -3.00. The fourth-order valence-corrected chi connectivity index (χ4v) is 3.07. The van der Waals surface area contributed by atoms with Gasteiger partial charge in [-0.3, -0.25) is 9.78 Å². The summed E-state index contributed by atoms with van der Waals surface area (Å²) in [6.07, 6.45) is 4.72. The Morgan fingerprint density at radius 1 is 1.25 bits per heavy atom. The lowest BCUT2D eigenvalue weighted by Crippen LogP contribution is -2.57. The van der Waals surface area contributed by atoms with Crippen molar-refractivity contribution < 1.29 is 14.1 Å². The molecule has 8 nitrogen and oxygen atoms in total. The van der Waals surface area contributed by atoms with Crippen LogP contribution in [-0.2, 0) is 4.79 Å². The van der Waals surface area contributed by atoms with Gasteiger partial charge in [0, 0.05) is 30.5 Å². The van der Waals surface area contributed by atoms with Crippen LogP contribution in [0.1, 0.15) is 25.7 Å². The van der Waals surface area contributed by atoms with Crippen LogP contribution in [-0.4, -0.2) is 49.6 Å². The molecule has 1 saturated heterocycles. The zero-order valence-corrected chi connectivity index (χ0v) is 16.1. The van der Waals surface area contributed by atoms with E-state index in [9.17, 15) is 4.79 Å². The second-order valence-electron chi connectivity index (χ2n) is 7.02. The number of nitrogens with zero attached hydrogens (tertiary/aromatic N) is 5. The molecule has 1 aliphatic rings. The highest BCUT2D eigenvalue weighted by atomic mass is 35.5. The molecule has 2 aromatic heterocycles. The Kier molecular flexibility index (Phi) is 4.72. The third kappa shape index (κ3) is 3.68. The van der Waals surface area contributed by atoms with E-state index in [1.165, 1.54) is 0 Å². The minimum atomic E-state index is -1.00. The predicted octanol–water partition coefficient (Wildman–Crippen LogP) is 2.96. The number of carbonyl (C=O) groups is 1. The largest absolute Gasteiger partial charge is 0.478 e. The van der Waals surface area contributed by atoms with E-state index in [4.69, 9.17) is 20.9 Å². The predicted molar refractivity (Wildman–Crippen MR) is 101 cm³/mol. The van der Waals surface area contributed by atoms with Crippen molar-refractivity contribution in [3.63, 3.8) is 0 Å². The number of halogens is 1.